The molecule has 0 saturated heterocycles. The smallest absolute Gasteiger partial charge is 0.272 e. The minimum atomic E-state index is -0.287. The molecule has 2 atom stereocenters. The molecule has 1 aliphatic heterocycles. The van der Waals surface area contributed by atoms with E-state index in [-0.39, 0.29) is 30.2 Å². The quantitative estimate of drug-likeness (QED) is 0.796. The van der Waals surface area contributed by atoms with Gasteiger partial charge in [0.25, 0.3) is 11.5 Å². The maximum Gasteiger partial charge on any atom is 0.272 e. The molecule has 3 N–H and O–H groups in total. The summed E-state index contributed by atoms with van der Waals surface area (Å²) in [5.74, 6) is -0.287. The molecule has 23 heavy (non-hydrogen) atoms. The van der Waals surface area contributed by atoms with Gasteiger partial charge >= 0.3 is 0 Å². The van der Waals surface area contributed by atoms with Gasteiger partial charge in [0.05, 0.1) is 17.9 Å². The van der Waals surface area contributed by atoms with Crippen LogP contribution in [0, 0.1) is 6.92 Å². The highest BCUT2D eigenvalue weighted by atomic mass is 16.5. The second-order valence-corrected chi connectivity index (χ2v) is 5.97. The predicted octanol–water partition coefficient (Wildman–Crippen LogP) is 1.36. The number of aromatic nitrogens is 3. The van der Waals surface area contributed by atoms with Crippen LogP contribution in [0.4, 0.5) is 0 Å². The lowest BCUT2D eigenvalue weighted by Gasteiger charge is -2.25. The fraction of sp³-hybridized carbons (Fsp3) is 0.438. The number of amides is 1. The van der Waals surface area contributed by atoms with Crippen LogP contribution in [-0.4, -0.2) is 27.2 Å². The number of nitrogens with zero attached hydrogens (tertiary/aromatic N) is 1. The van der Waals surface area contributed by atoms with Crippen molar-refractivity contribution in [2.75, 3.05) is 0 Å². The first-order valence-electron chi connectivity index (χ1n) is 7.64. The summed E-state index contributed by atoms with van der Waals surface area (Å²) < 4.78 is 5.72. The van der Waals surface area contributed by atoms with Crippen LogP contribution in [-0.2, 0) is 17.7 Å². The van der Waals surface area contributed by atoms with Crippen LogP contribution < -0.4 is 10.9 Å². The minimum absolute atomic E-state index is 0.0428. The highest BCUT2D eigenvalue weighted by Crippen LogP contribution is 2.29. The van der Waals surface area contributed by atoms with E-state index in [9.17, 15) is 9.59 Å². The monoisotopic (exact) mass is 316 g/mol. The molecule has 0 saturated carbocycles. The number of H-pyrrole nitrogens is 2. The van der Waals surface area contributed by atoms with Crippen molar-refractivity contribution in [3.63, 3.8) is 0 Å². The van der Waals surface area contributed by atoms with Crippen LogP contribution in [0.25, 0.3) is 0 Å². The minimum Gasteiger partial charge on any atom is -0.369 e. The zero-order chi connectivity index (χ0) is 16.6. The molecule has 0 aromatic carbocycles. The van der Waals surface area contributed by atoms with Crippen LogP contribution in [0.5, 0.6) is 0 Å². The number of carbonyl (C=O) groups is 1. The lowest BCUT2D eigenvalue weighted by molar-refractivity contribution is -0.00697. The van der Waals surface area contributed by atoms with Crippen LogP contribution in [0.15, 0.2) is 17.1 Å². The fourth-order valence-electron chi connectivity index (χ4n) is 2.91. The molecular formula is C16H20N4O3. The fourth-order valence-corrected chi connectivity index (χ4v) is 2.91. The van der Waals surface area contributed by atoms with Crippen molar-refractivity contribution in [2.24, 2.45) is 0 Å². The van der Waals surface area contributed by atoms with E-state index in [1.54, 1.807) is 12.3 Å². The van der Waals surface area contributed by atoms with Gasteiger partial charge in [-0.15, -0.1) is 0 Å². The predicted molar refractivity (Wildman–Crippen MR) is 84.2 cm³/mol. The van der Waals surface area contributed by atoms with Gasteiger partial charge in [0, 0.05) is 30.3 Å². The van der Waals surface area contributed by atoms with Crippen molar-refractivity contribution in [3.05, 3.63) is 50.7 Å². The molecular weight excluding hydrogens is 296 g/mol. The molecule has 122 valence electrons. The molecule has 0 fully saturated rings. The maximum atomic E-state index is 12.4. The molecule has 7 nitrogen and oxygen atoms in total. The summed E-state index contributed by atoms with van der Waals surface area (Å²) in [6.07, 6.45) is 2.22. The maximum absolute atomic E-state index is 12.4. The zero-order valence-corrected chi connectivity index (χ0v) is 13.4. The standard InChI is InChI=1S/C16H20N4O3/c1-8-4-11(15(21)17-6-8)7-18-16(22)14-12-5-9(2)23-10(3)13(12)19-20-14/h4,6,9-10H,5,7H2,1-3H3,(H,17,21)(H,18,22)(H,19,20)/t9-,10+/m1/s1. The molecule has 0 unspecified atom stereocenters. The molecule has 1 aliphatic rings. The van der Waals surface area contributed by atoms with Crippen LogP contribution in [0.1, 0.15) is 52.8 Å². The first-order valence-corrected chi connectivity index (χ1v) is 7.64. The van der Waals surface area contributed by atoms with E-state index in [0.717, 1.165) is 16.8 Å². The molecule has 0 aliphatic carbocycles. The number of aryl methyl sites for hydroxylation is 1. The molecule has 0 radical (unpaired) electrons. The van der Waals surface area contributed by atoms with Crippen molar-refractivity contribution < 1.29 is 9.53 Å². The van der Waals surface area contributed by atoms with Gasteiger partial charge in [0.2, 0.25) is 0 Å². The average Bonchev–Trinajstić information content (AvgIpc) is 2.92. The Morgan fingerprint density at radius 1 is 1.48 bits per heavy atom. The lowest BCUT2D eigenvalue weighted by Crippen LogP contribution is -2.29. The summed E-state index contributed by atoms with van der Waals surface area (Å²) in [6.45, 7) is 5.95. The topological polar surface area (TPSA) is 99.9 Å². The molecule has 0 spiro atoms. The number of fused-ring (bicyclic) bond motifs is 1. The number of hydrogen-bond acceptors (Lipinski definition) is 4. The van der Waals surface area contributed by atoms with Crippen molar-refractivity contribution in [1.82, 2.24) is 20.5 Å². The van der Waals surface area contributed by atoms with E-state index in [0.29, 0.717) is 17.7 Å². The molecule has 0 bridgehead atoms. The molecule has 2 aromatic heterocycles. The Bertz CT molecular complexity index is 793. The van der Waals surface area contributed by atoms with E-state index in [2.05, 4.69) is 20.5 Å². The zero-order valence-electron chi connectivity index (χ0n) is 13.4. The average molecular weight is 316 g/mol. The Morgan fingerprint density at radius 2 is 2.26 bits per heavy atom. The summed E-state index contributed by atoms with van der Waals surface area (Å²) in [5, 5.41) is 9.79. The Morgan fingerprint density at radius 3 is 3.04 bits per heavy atom. The molecule has 7 heteroatoms. The Hall–Kier alpha value is -2.41. The Labute approximate surface area is 133 Å². The van der Waals surface area contributed by atoms with Crippen molar-refractivity contribution in [3.8, 4) is 0 Å². The second-order valence-electron chi connectivity index (χ2n) is 5.97. The van der Waals surface area contributed by atoms with Crippen molar-refractivity contribution in [1.29, 1.82) is 0 Å². The van der Waals surface area contributed by atoms with Crippen molar-refractivity contribution >= 4 is 5.91 Å². The SMILES string of the molecule is Cc1c[nH]c(=O)c(CNC(=O)c2n[nH]c3c2C[C@@H](C)O[C@H]3C)c1. The van der Waals surface area contributed by atoms with Gasteiger partial charge in [-0.3, -0.25) is 14.7 Å². The summed E-state index contributed by atoms with van der Waals surface area (Å²) in [6, 6.07) is 1.76. The van der Waals surface area contributed by atoms with Crippen LogP contribution in [0.2, 0.25) is 0 Å². The number of aromatic amines is 2. The number of pyridine rings is 1. The van der Waals surface area contributed by atoms with E-state index in [1.807, 2.05) is 20.8 Å². The van der Waals surface area contributed by atoms with Gasteiger partial charge < -0.3 is 15.0 Å². The van der Waals surface area contributed by atoms with Gasteiger partial charge in [0.15, 0.2) is 5.69 Å². The van der Waals surface area contributed by atoms with Crippen molar-refractivity contribution in [2.45, 2.75) is 45.9 Å². The first kappa shape index (κ1) is 15.5. The Kier molecular flexibility index (Phi) is 4.04. The summed E-state index contributed by atoms with van der Waals surface area (Å²) in [7, 11) is 0. The van der Waals surface area contributed by atoms with E-state index < -0.39 is 0 Å². The number of rotatable bonds is 3. The lowest BCUT2D eigenvalue weighted by atomic mass is 9.99. The molecule has 1 amide bonds. The Balaban J connectivity index is 1.77. The van der Waals surface area contributed by atoms with Gasteiger partial charge in [-0.25, -0.2) is 0 Å². The van der Waals surface area contributed by atoms with E-state index >= 15 is 0 Å². The van der Waals surface area contributed by atoms with Gasteiger partial charge in [-0.2, -0.15) is 5.10 Å². The van der Waals surface area contributed by atoms with Gasteiger partial charge in [0.1, 0.15) is 0 Å². The largest absolute Gasteiger partial charge is 0.369 e. The summed E-state index contributed by atoms with van der Waals surface area (Å²) >= 11 is 0. The van der Waals surface area contributed by atoms with Crippen LogP contribution in [0.3, 0.4) is 0 Å². The number of nitrogens with one attached hydrogen (secondary N) is 3. The summed E-state index contributed by atoms with van der Waals surface area (Å²) in [5.41, 5.74) is 3.38. The first-order chi connectivity index (χ1) is 11.0. The number of ether oxygens (including phenoxy) is 1. The number of hydrogen-bond donors (Lipinski definition) is 3. The summed E-state index contributed by atoms with van der Waals surface area (Å²) in [4.78, 5) is 26.8. The number of carbonyl (C=O) groups excluding carboxylic acids is 1. The molecule has 3 heterocycles. The van der Waals surface area contributed by atoms with Crippen LogP contribution >= 0.6 is 0 Å². The van der Waals surface area contributed by atoms with Gasteiger partial charge in [-0.05, 0) is 32.4 Å². The second kappa shape index (κ2) is 6.00. The van der Waals surface area contributed by atoms with E-state index in [1.165, 1.54) is 0 Å². The highest BCUT2D eigenvalue weighted by Gasteiger charge is 2.29. The van der Waals surface area contributed by atoms with E-state index in [4.69, 9.17) is 4.74 Å². The third-order valence-corrected chi connectivity index (χ3v) is 4.01. The highest BCUT2D eigenvalue weighted by molar-refractivity contribution is 5.94. The molecule has 2 aromatic rings. The molecule has 3 rings (SSSR count). The normalized spacial score (nSPS) is 20.1. The third-order valence-electron chi connectivity index (χ3n) is 4.01. The van der Waals surface area contributed by atoms with Gasteiger partial charge in [-0.1, -0.05) is 0 Å². The third kappa shape index (κ3) is 3.05.